The van der Waals surface area contributed by atoms with Gasteiger partial charge in [-0.1, -0.05) is 30.3 Å². The van der Waals surface area contributed by atoms with E-state index in [1.165, 1.54) is 0 Å². The molecule has 0 aliphatic heterocycles. The zero-order chi connectivity index (χ0) is 10.9. The SMILES string of the molecule is O=C(CC1(C(=O)O)CC1)c1ccccc1. The van der Waals surface area contributed by atoms with Crippen molar-refractivity contribution in [2.24, 2.45) is 5.41 Å². The van der Waals surface area contributed by atoms with Crippen molar-refractivity contribution in [2.75, 3.05) is 0 Å². The summed E-state index contributed by atoms with van der Waals surface area (Å²) >= 11 is 0. The quantitative estimate of drug-likeness (QED) is 0.764. The Hall–Kier alpha value is -1.64. The molecule has 0 atom stereocenters. The maximum atomic E-state index is 11.7. The fourth-order valence-electron chi connectivity index (χ4n) is 1.65. The van der Waals surface area contributed by atoms with E-state index in [0.717, 1.165) is 0 Å². The molecule has 0 aromatic heterocycles. The number of hydrogen-bond donors (Lipinski definition) is 1. The first-order valence-corrected chi connectivity index (χ1v) is 4.96. The van der Waals surface area contributed by atoms with E-state index in [1.807, 2.05) is 6.07 Å². The van der Waals surface area contributed by atoms with E-state index < -0.39 is 11.4 Å². The van der Waals surface area contributed by atoms with Gasteiger partial charge in [-0.3, -0.25) is 9.59 Å². The number of carbonyl (C=O) groups is 2. The van der Waals surface area contributed by atoms with E-state index >= 15 is 0 Å². The molecule has 1 aromatic carbocycles. The molecule has 0 amide bonds. The minimum atomic E-state index is -0.841. The molecular weight excluding hydrogens is 192 g/mol. The molecule has 0 unspecified atom stereocenters. The number of benzene rings is 1. The number of carbonyl (C=O) groups excluding carboxylic acids is 1. The minimum absolute atomic E-state index is 0.0736. The Morgan fingerprint density at radius 2 is 1.80 bits per heavy atom. The van der Waals surface area contributed by atoms with Crippen LogP contribution in [-0.4, -0.2) is 16.9 Å². The normalized spacial score (nSPS) is 17.1. The highest BCUT2D eigenvalue weighted by Gasteiger charge is 2.51. The van der Waals surface area contributed by atoms with Crippen LogP contribution in [0, 0.1) is 5.41 Å². The fraction of sp³-hybridized carbons (Fsp3) is 0.333. The van der Waals surface area contributed by atoms with Crippen molar-refractivity contribution in [3.05, 3.63) is 35.9 Å². The zero-order valence-electron chi connectivity index (χ0n) is 8.27. The fourth-order valence-corrected chi connectivity index (χ4v) is 1.65. The van der Waals surface area contributed by atoms with E-state index in [0.29, 0.717) is 18.4 Å². The molecule has 0 radical (unpaired) electrons. The molecule has 0 spiro atoms. The third kappa shape index (κ3) is 1.91. The second-order valence-electron chi connectivity index (χ2n) is 4.05. The Bertz CT molecular complexity index is 391. The molecule has 0 saturated heterocycles. The summed E-state index contributed by atoms with van der Waals surface area (Å²) in [4.78, 5) is 22.6. The first-order chi connectivity index (χ1) is 7.14. The number of aliphatic carboxylic acids is 1. The molecule has 1 aromatic rings. The van der Waals surface area contributed by atoms with Gasteiger partial charge in [0.15, 0.2) is 5.78 Å². The number of carboxylic acids is 1. The summed E-state index contributed by atoms with van der Waals surface area (Å²) in [5.74, 6) is -0.915. The molecule has 1 fully saturated rings. The molecular formula is C12H12O3. The zero-order valence-corrected chi connectivity index (χ0v) is 8.27. The Morgan fingerprint density at radius 1 is 1.20 bits per heavy atom. The van der Waals surface area contributed by atoms with Crippen molar-refractivity contribution in [1.82, 2.24) is 0 Å². The van der Waals surface area contributed by atoms with Crippen LogP contribution in [0.1, 0.15) is 29.6 Å². The smallest absolute Gasteiger partial charge is 0.310 e. The Labute approximate surface area is 87.7 Å². The van der Waals surface area contributed by atoms with Crippen LogP contribution in [0.2, 0.25) is 0 Å². The van der Waals surface area contributed by atoms with Gasteiger partial charge in [0.05, 0.1) is 5.41 Å². The molecule has 3 heteroatoms. The lowest BCUT2D eigenvalue weighted by Crippen LogP contribution is -2.19. The monoisotopic (exact) mass is 204 g/mol. The van der Waals surface area contributed by atoms with Crippen molar-refractivity contribution in [2.45, 2.75) is 19.3 Å². The van der Waals surface area contributed by atoms with E-state index in [-0.39, 0.29) is 12.2 Å². The summed E-state index contributed by atoms with van der Waals surface area (Å²) in [5, 5.41) is 8.95. The van der Waals surface area contributed by atoms with Gasteiger partial charge in [-0.2, -0.15) is 0 Å². The Balaban J connectivity index is 2.08. The minimum Gasteiger partial charge on any atom is -0.481 e. The lowest BCUT2D eigenvalue weighted by molar-refractivity contribution is -0.143. The lowest BCUT2D eigenvalue weighted by Gasteiger charge is -2.07. The number of rotatable bonds is 4. The summed E-state index contributed by atoms with van der Waals surface area (Å²) in [5.41, 5.74) is -0.155. The van der Waals surface area contributed by atoms with Crippen LogP contribution in [0.25, 0.3) is 0 Å². The summed E-state index contributed by atoms with van der Waals surface area (Å²) in [6.07, 6.45) is 1.38. The van der Waals surface area contributed by atoms with Gasteiger partial charge in [0.2, 0.25) is 0 Å². The van der Waals surface area contributed by atoms with Crippen molar-refractivity contribution < 1.29 is 14.7 Å². The number of hydrogen-bond acceptors (Lipinski definition) is 2. The van der Waals surface area contributed by atoms with Crippen molar-refractivity contribution in [3.63, 3.8) is 0 Å². The molecule has 1 N–H and O–H groups in total. The molecule has 2 rings (SSSR count). The van der Waals surface area contributed by atoms with Gasteiger partial charge in [-0.15, -0.1) is 0 Å². The Morgan fingerprint density at radius 3 is 2.27 bits per heavy atom. The van der Waals surface area contributed by atoms with Crippen LogP contribution >= 0.6 is 0 Å². The highest BCUT2D eigenvalue weighted by molar-refractivity contribution is 5.99. The first-order valence-electron chi connectivity index (χ1n) is 4.96. The molecule has 1 aliphatic carbocycles. The summed E-state index contributed by atoms with van der Waals surface area (Å²) in [6, 6.07) is 8.85. The van der Waals surface area contributed by atoms with Gasteiger partial charge in [-0.05, 0) is 12.8 Å². The standard InChI is InChI=1S/C12H12O3/c13-10(9-4-2-1-3-5-9)8-12(6-7-12)11(14)15/h1-5H,6-8H2,(H,14,15). The van der Waals surface area contributed by atoms with Gasteiger partial charge in [0.1, 0.15) is 0 Å². The van der Waals surface area contributed by atoms with E-state index in [2.05, 4.69) is 0 Å². The van der Waals surface area contributed by atoms with Crippen molar-refractivity contribution in [1.29, 1.82) is 0 Å². The maximum absolute atomic E-state index is 11.7. The number of carboxylic acid groups (broad SMARTS) is 1. The molecule has 78 valence electrons. The van der Waals surface area contributed by atoms with Gasteiger partial charge in [0, 0.05) is 12.0 Å². The van der Waals surface area contributed by atoms with E-state index in [1.54, 1.807) is 24.3 Å². The summed E-state index contributed by atoms with van der Waals surface area (Å²) < 4.78 is 0. The van der Waals surface area contributed by atoms with Crippen molar-refractivity contribution >= 4 is 11.8 Å². The molecule has 15 heavy (non-hydrogen) atoms. The van der Waals surface area contributed by atoms with Crippen LogP contribution in [-0.2, 0) is 4.79 Å². The molecule has 1 aliphatic rings. The molecule has 3 nitrogen and oxygen atoms in total. The Kier molecular flexibility index (Phi) is 2.31. The van der Waals surface area contributed by atoms with Gasteiger partial charge in [0.25, 0.3) is 0 Å². The van der Waals surface area contributed by atoms with Crippen molar-refractivity contribution in [3.8, 4) is 0 Å². The number of Topliss-reactive ketones (excluding diaryl/α,β-unsaturated/α-hetero) is 1. The number of ketones is 1. The first kappa shape index (κ1) is 9.90. The average Bonchev–Trinajstić information content (AvgIpc) is 3.00. The van der Waals surface area contributed by atoms with Crippen LogP contribution < -0.4 is 0 Å². The second-order valence-corrected chi connectivity index (χ2v) is 4.05. The predicted molar refractivity (Wildman–Crippen MR) is 54.7 cm³/mol. The third-order valence-corrected chi connectivity index (χ3v) is 2.90. The largest absolute Gasteiger partial charge is 0.481 e. The lowest BCUT2D eigenvalue weighted by atomic mass is 9.96. The van der Waals surface area contributed by atoms with Crippen LogP contribution in [0.4, 0.5) is 0 Å². The molecule has 0 heterocycles. The maximum Gasteiger partial charge on any atom is 0.310 e. The second kappa shape index (κ2) is 3.50. The molecule has 1 saturated carbocycles. The van der Waals surface area contributed by atoms with Gasteiger partial charge < -0.3 is 5.11 Å². The third-order valence-electron chi connectivity index (χ3n) is 2.90. The topological polar surface area (TPSA) is 54.4 Å². The summed E-state index contributed by atoms with van der Waals surface area (Å²) in [7, 11) is 0. The van der Waals surface area contributed by atoms with Crippen LogP contribution in [0.5, 0.6) is 0 Å². The van der Waals surface area contributed by atoms with E-state index in [9.17, 15) is 9.59 Å². The van der Waals surface area contributed by atoms with Crippen LogP contribution in [0.15, 0.2) is 30.3 Å². The van der Waals surface area contributed by atoms with E-state index in [4.69, 9.17) is 5.11 Å². The van der Waals surface area contributed by atoms with Gasteiger partial charge in [-0.25, -0.2) is 0 Å². The molecule has 0 bridgehead atoms. The summed E-state index contributed by atoms with van der Waals surface area (Å²) in [6.45, 7) is 0. The van der Waals surface area contributed by atoms with Crippen LogP contribution in [0.3, 0.4) is 0 Å². The highest BCUT2D eigenvalue weighted by atomic mass is 16.4. The predicted octanol–water partition coefficient (Wildman–Crippen LogP) is 2.12. The van der Waals surface area contributed by atoms with Gasteiger partial charge >= 0.3 is 5.97 Å². The average molecular weight is 204 g/mol. The highest BCUT2D eigenvalue weighted by Crippen LogP contribution is 2.49.